The second-order valence-corrected chi connectivity index (χ2v) is 6.55. The van der Waals surface area contributed by atoms with E-state index in [4.69, 9.17) is 0 Å². The Morgan fingerprint density at radius 1 is 0.950 bits per heavy atom. The number of benzene rings is 1. The van der Waals surface area contributed by atoms with Crippen LogP contribution < -0.4 is 5.32 Å². The third kappa shape index (κ3) is 4.94. The van der Waals surface area contributed by atoms with E-state index in [9.17, 15) is 0 Å². The van der Waals surface area contributed by atoms with Gasteiger partial charge in [-0.25, -0.2) is 0 Å². The van der Waals surface area contributed by atoms with Gasteiger partial charge in [0.25, 0.3) is 0 Å². The number of rotatable bonds is 8. The summed E-state index contributed by atoms with van der Waals surface area (Å²) in [6.07, 6.45) is 12.5. The van der Waals surface area contributed by atoms with E-state index in [2.05, 4.69) is 42.6 Å². The molecule has 0 unspecified atom stereocenters. The predicted octanol–water partition coefficient (Wildman–Crippen LogP) is 4.96. The van der Waals surface area contributed by atoms with Crippen LogP contribution in [0.2, 0.25) is 0 Å². The molecule has 112 valence electrons. The minimum Gasteiger partial charge on any atom is -0.317 e. The van der Waals surface area contributed by atoms with E-state index < -0.39 is 0 Å². The van der Waals surface area contributed by atoms with Crippen molar-refractivity contribution in [3.63, 3.8) is 0 Å². The molecule has 0 bridgehead atoms. The number of aryl methyl sites for hydroxylation is 1. The van der Waals surface area contributed by atoms with Gasteiger partial charge in [-0.1, -0.05) is 56.5 Å². The molecule has 0 radical (unpaired) electrons. The Kier molecular flexibility index (Phi) is 6.59. The maximum atomic E-state index is 3.61. The van der Waals surface area contributed by atoms with Crippen LogP contribution in [0.1, 0.15) is 63.9 Å². The van der Waals surface area contributed by atoms with Crippen molar-refractivity contribution in [1.29, 1.82) is 0 Å². The van der Waals surface area contributed by atoms with Crippen molar-refractivity contribution in [2.24, 2.45) is 5.41 Å². The fraction of sp³-hybridized carbons (Fsp3) is 0.684. The average molecular weight is 273 g/mol. The second-order valence-electron chi connectivity index (χ2n) is 6.55. The molecular formula is C19H31N. The van der Waals surface area contributed by atoms with E-state index in [0.717, 1.165) is 0 Å². The van der Waals surface area contributed by atoms with Crippen molar-refractivity contribution in [2.45, 2.75) is 64.7 Å². The Morgan fingerprint density at radius 2 is 1.70 bits per heavy atom. The van der Waals surface area contributed by atoms with Crippen molar-refractivity contribution < 1.29 is 0 Å². The molecule has 0 aliphatic heterocycles. The first kappa shape index (κ1) is 15.6. The fourth-order valence-electron chi connectivity index (χ4n) is 3.64. The van der Waals surface area contributed by atoms with Crippen molar-refractivity contribution in [3.8, 4) is 0 Å². The first-order valence-electron chi connectivity index (χ1n) is 8.59. The third-order valence-corrected chi connectivity index (χ3v) is 4.96. The molecular weight excluding hydrogens is 242 g/mol. The van der Waals surface area contributed by atoms with Crippen molar-refractivity contribution in [2.75, 3.05) is 13.1 Å². The SMILES string of the molecule is CCCNCCC1(CCc2ccccc2)CCCCC1. The van der Waals surface area contributed by atoms with Gasteiger partial charge in [-0.05, 0) is 62.6 Å². The van der Waals surface area contributed by atoms with Crippen LogP contribution in [0.15, 0.2) is 30.3 Å². The third-order valence-electron chi connectivity index (χ3n) is 4.96. The highest BCUT2D eigenvalue weighted by molar-refractivity contribution is 5.15. The van der Waals surface area contributed by atoms with Crippen molar-refractivity contribution in [1.82, 2.24) is 5.32 Å². The summed E-state index contributed by atoms with van der Waals surface area (Å²) in [5, 5.41) is 3.61. The molecule has 0 aromatic heterocycles. The number of nitrogens with one attached hydrogen (secondary N) is 1. The molecule has 1 heteroatoms. The van der Waals surface area contributed by atoms with Gasteiger partial charge < -0.3 is 5.32 Å². The first-order valence-corrected chi connectivity index (χ1v) is 8.59. The molecule has 1 aromatic rings. The molecule has 1 aliphatic carbocycles. The van der Waals surface area contributed by atoms with Crippen LogP contribution in [0.5, 0.6) is 0 Å². The van der Waals surface area contributed by atoms with Gasteiger partial charge in [0, 0.05) is 0 Å². The molecule has 1 saturated carbocycles. The predicted molar refractivity (Wildman–Crippen MR) is 88.1 cm³/mol. The van der Waals surface area contributed by atoms with E-state index in [0.29, 0.717) is 5.41 Å². The lowest BCUT2D eigenvalue weighted by Gasteiger charge is -2.38. The smallest absolute Gasteiger partial charge is 0.00436 e. The molecule has 1 aromatic carbocycles. The van der Waals surface area contributed by atoms with E-state index in [-0.39, 0.29) is 0 Å². The van der Waals surface area contributed by atoms with Gasteiger partial charge in [0.2, 0.25) is 0 Å². The number of hydrogen-bond donors (Lipinski definition) is 1. The van der Waals surface area contributed by atoms with Gasteiger partial charge >= 0.3 is 0 Å². The van der Waals surface area contributed by atoms with Gasteiger partial charge in [0.1, 0.15) is 0 Å². The Labute approximate surface area is 125 Å². The lowest BCUT2D eigenvalue weighted by atomic mass is 9.68. The molecule has 0 saturated heterocycles. The van der Waals surface area contributed by atoms with E-state index in [1.165, 1.54) is 76.4 Å². The lowest BCUT2D eigenvalue weighted by Crippen LogP contribution is -2.30. The zero-order valence-electron chi connectivity index (χ0n) is 13.2. The second kappa shape index (κ2) is 8.46. The van der Waals surface area contributed by atoms with Crippen LogP contribution in [-0.4, -0.2) is 13.1 Å². The van der Waals surface area contributed by atoms with E-state index >= 15 is 0 Å². The summed E-state index contributed by atoms with van der Waals surface area (Å²) < 4.78 is 0. The van der Waals surface area contributed by atoms with Crippen molar-refractivity contribution in [3.05, 3.63) is 35.9 Å². The molecule has 20 heavy (non-hydrogen) atoms. The van der Waals surface area contributed by atoms with E-state index in [1.807, 2.05) is 0 Å². The molecule has 0 amide bonds. The number of hydrogen-bond acceptors (Lipinski definition) is 1. The van der Waals surface area contributed by atoms with Gasteiger partial charge in [-0.3, -0.25) is 0 Å². The summed E-state index contributed by atoms with van der Waals surface area (Å²) in [5.74, 6) is 0. The molecule has 0 spiro atoms. The van der Waals surface area contributed by atoms with Crippen LogP contribution in [0, 0.1) is 5.41 Å². The summed E-state index contributed by atoms with van der Waals surface area (Å²) in [7, 11) is 0. The maximum Gasteiger partial charge on any atom is -0.00436 e. The Morgan fingerprint density at radius 3 is 2.40 bits per heavy atom. The largest absolute Gasteiger partial charge is 0.317 e. The summed E-state index contributed by atoms with van der Waals surface area (Å²) in [6, 6.07) is 11.0. The summed E-state index contributed by atoms with van der Waals surface area (Å²) in [4.78, 5) is 0. The molecule has 1 nitrogen and oxygen atoms in total. The monoisotopic (exact) mass is 273 g/mol. The molecule has 1 N–H and O–H groups in total. The average Bonchev–Trinajstić information content (AvgIpc) is 2.52. The van der Waals surface area contributed by atoms with Crippen LogP contribution in [0.4, 0.5) is 0 Å². The fourth-order valence-corrected chi connectivity index (χ4v) is 3.64. The summed E-state index contributed by atoms with van der Waals surface area (Å²) in [6.45, 7) is 4.64. The Balaban J connectivity index is 1.85. The van der Waals surface area contributed by atoms with E-state index in [1.54, 1.807) is 0 Å². The minimum atomic E-state index is 0.620. The first-order chi connectivity index (χ1) is 9.85. The molecule has 0 atom stereocenters. The van der Waals surface area contributed by atoms with Gasteiger partial charge in [0.05, 0.1) is 0 Å². The Bertz CT molecular complexity index is 351. The highest BCUT2D eigenvalue weighted by Crippen LogP contribution is 2.42. The van der Waals surface area contributed by atoms with Crippen LogP contribution in [0.3, 0.4) is 0 Å². The van der Waals surface area contributed by atoms with Gasteiger partial charge in [-0.2, -0.15) is 0 Å². The van der Waals surface area contributed by atoms with Crippen LogP contribution in [-0.2, 0) is 6.42 Å². The standard InChI is InChI=1S/C19H31N/c1-2-16-20-17-15-19(12-7-4-8-13-19)14-11-18-9-5-3-6-10-18/h3,5-6,9-10,20H,2,4,7-8,11-17H2,1H3. The molecule has 1 aliphatic rings. The Hall–Kier alpha value is -0.820. The topological polar surface area (TPSA) is 12.0 Å². The maximum absolute atomic E-state index is 3.61. The van der Waals surface area contributed by atoms with Gasteiger partial charge in [-0.15, -0.1) is 0 Å². The zero-order valence-corrected chi connectivity index (χ0v) is 13.2. The lowest BCUT2D eigenvalue weighted by molar-refractivity contribution is 0.156. The normalized spacial score (nSPS) is 18.1. The summed E-state index contributed by atoms with van der Waals surface area (Å²) >= 11 is 0. The summed E-state index contributed by atoms with van der Waals surface area (Å²) in [5.41, 5.74) is 2.13. The highest BCUT2D eigenvalue weighted by Gasteiger charge is 2.30. The van der Waals surface area contributed by atoms with Gasteiger partial charge in [0.15, 0.2) is 0 Å². The zero-order chi connectivity index (χ0) is 14.1. The minimum absolute atomic E-state index is 0.620. The van der Waals surface area contributed by atoms with Crippen LogP contribution >= 0.6 is 0 Å². The molecule has 1 fully saturated rings. The quantitative estimate of drug-likeness (QED) is 0.660. The molecule has 0 heterocycles. The molecule has 2 rings (SSSR count). The van der Waals surface area contributed by atoms with Crippen molar-refractivity contribution >= 4 is 0 Å². The van der Waals surface area contributed by atoms with Crippen LogP contribution in [0.25, 0.3) is 0 Å². The highest BCUT2D eigenvalue weighted by atomic mass is 14.8.